The number of carboxylic acids is 1. The van der Waals surface area contributed by atoms with Crippen LogP contribution in [0.5, 0.6) is 0 Å². The van der Waals surface area contributed by atoms with Crippen LogP contribution in [0, 0.1) is 5.92 Å². The number of fused-ring (bicyclic) bond motifs is 1. The maximum atomic E-state index is 12.1. The van der Waals surface area contributed by atoms with Gasteiger partial charge in [0.25, 0.3) is 0 Å². The van der Waals surface area contributed by atoms with E-state index in [1.165, 1.54) is 6.07 Å². The molecule has 1 aliphatic heterocycles. The van der Waals surface area contributed by atoms with Crippen LogP contribution in [-0.4, -0.2) is 45.7 Å². The van der Waals surface area contributed by atoms with Crippen molar-refractivity contribution in [1.82, 2.24) is 14.5 Å². The fourth-order valence-electron chi connectivity index (χ4n) is 2.98. The highest BCUT2D eigenvalue weighted by Gasteiger charge is 2.19. The zero-order valence-electron chi connectivity index (χ0n) is 12.0. The van der Waals surface area contributed by atoms with E-state index in [1.54, 1.807) is 16.7 Å². The Balaban J connectivity index is 1.90. The van der Waals surface area contributed by atoms with Gasteiger partial charge < -0.3 is 15.0 Å². The number of aromatic nitrogens is 2. The van der Waals surface area contributed by atoms with E-state index in [0.29, 0.717) is 18.0 Å². The van der Waals surface area contributed by atoms with Crippen LogP contribution in [0.25, 0.3) is 11.0 Å². The molecular formula is C15H19N3O3. The largest absolute Gasteiger partial charge is 0.478 e. The first-order chi connectivity index (χ1) is 10.0. The number of piperidine rings is 1. The lowest BCUT2D eigenvalue weighted by Crippen LogP contribution is -2.33. The van der Waals surface area contributed by atoms with Crippen molar-refractivity contribution >= 4 is 17.0 Å². The first kappa shape index (κ1) is 13.9. The Morgan fingerprint density at radius 1 is 1.38 bits per heavy atom. The number of carbonyl (C=O) groups is 1. The minimum absolute atomic E-state index is 0.161. The molecule has 0 bridgehead atoms. The second-order valence-corrected chi connectivity index (χ2v) is 5.82. The van der Waals surface area contributed by atoms with Crippen molar-refractivity contribution in [2.45, 2.75) is 19.4 Å². The first-order valence-corrected chi connectivity index (χ1v) is 7.19. The van der Waals surface area contributed by atoms with E-state index >= 15 is 0 Å². The van der Waals surface area contributed by atoms with E-state index in [4.69, 9.17) is 5.11 Å². The van der Waals surface area contributed by atoms with E-state index in [2.05, 4.69) is 16.9 Å². The molecule has 21 heavy (non-hydrogen) atoms. The van der Waals surface area contributed by atoms with Crippen molar-refractivity contribution in [3.8, 4) is 0 Å². The molecule has 1 saturated heterocycles. The normalized spacial score (nSPS) is 17.4. The van der Waals surface area contributed by atoms with Gasteiger partial charge in [0, 0.05) is 6.54 Å². The second kappa shape index (κ2) is 5.37. The SMILES string of the molecule is CN1CCC(Cn2c(=O)[nH]c3cc(C(=O)O)ccc32)CC1. The third-order valence-corrected chi connectivity index (χ3v) is 4.30. The maximum Gasteiger partial charge on any atom is 0.335 e. The van der Waals surface area contributed by atoms with Crippen LogP contribution in [0.3, 0.4) is 0 Å². The number of hydrogen-bond donors (Lipinski definition) is 2. The van der Waals surface area contributed by atoms with Gasteiger partial charge in [0.05, 0.1) is 16.6 Å². The highest BCUT2D eigenvalue weighted by Crippen LogP contribution is 2.20. The van der Waals surface area contributed by atoms with Crippen LogP contribution in [0.4, 0.5) is 0 Å². The molecule has 0 unspecified atom stereocenters. The minimum Gasteiger partial charge on any atom is -0.478 e. The van der Waals surface area contributed by atoms with E-state index in [0.717, 1.165) is 31.4 Å². The molecule has 6 heteroatoms. The summed E-state index contributed by atoms with van der Waals surface area (Å²) in [6.07, 6.45) is 2.17. The summed E-state index contributed by atoms with van der Waals surface area (Å²) in [6.45, 7) is 2.81. The van der Waals surface area contributed by atoms with Gasteiger partial charge in [0.2, 0.25) is 0 Å². The van der Waals surface area contributed by atoms with Gasteiger partial charge in [0.1, 0.15) is 0 Å². The number of imidazole rings is 1. The van der Waals surface area contributed by atoms with Crippen molar-refractivity contribution in [1.29, 1.82) is 0 Å². The third kappa shape index (κ3) is 2.71. The number of hydrogen-bond acceptors (Lipinski definition) is 3. The lowest BCUT2D eigenvalue weighted by molar-refractivity contribution is 0.0697. The highest BCUT2D eigenvalue weighted by atomic mass is 16.4. The molecule has 0 aliphatic carbocycles. The van der Waals surface area contributed by atoms with Crippen molar-refractivity contribution in [3.63, 3.8) is 0 Å². The van der Waals surface area contributed by atoms with E-state index in [1.807, 2.05) is 0 Å². The number of benzene rings is 1. The van der Waals surface area contributed by atoms with Gasteiger partial charge in [-0.1, -0.05) is 0 Å². The minimum atomic E-state index is -0.985. The van der Waals surface area contributed by atoms with Crippen molar-refractivity contribution < 1.29 is 9.90 Å². The van der Waals surface area contributed by atoms with E-state index in [-0.39, 0.29) is 11.3 Å². The zero-order chi connectivity index (χ0) is 15.0. The van der Waals surface area contributed by atoms with E-state index in [9.17, 15) is 9.59 Å². The third-order valence-electron chi connectivity index (χ3n) is 4.30. The Bertz CT molecular complexity index is 723. The van der Waals surface area contributed by atoms with Gasteiger partial charge in [-0.05, 0) is 57.1 Å². The molecular weight excluding hydrogens is 270 g/mol. The summed E-state index contributed by atoms with van der Waals surface area (Å²) in [7, 11) is 2.11. The number of nitrogens with one attached hydrogen (secondary N) is 1. The summed E-state index contributed by atoms with van der Waals surface area (Å²) in [5.41, 5.74) is 1.40. The molecule has 1 aromatic carbocycles. The number of H-pyrrole nitrogens is 1. The van der Waals surface area contributed by atoms with Gasteiger partial charge in [-0.15, -0.1) is 0 Å². The summed E-state index contributed by atoms with van der Waals surface area (Å²) < 4.78 is 1.73. The molecule has 0 amide bonds. The average molecular weight is 289 g/mol. The van der Waals surface area contributed by atoms with Crippen molar-refractivity contribution in [3.05, 3.63) is 34.2 Å². The number of aromatic carboxylic acids is 1. The summed E-state index contributed by atoms with van der Waals surface area (Å²) in [5, 5.41) is 9.00. The Morgan fingerprint density at radius 3 is 2.76 bits per heavy atom. The molecule has 2 heterocycles. The monoisotopic (exact) mass is 289 g/mol. The molecule has 2 aromatic rings. The second-order valence-electron chi connectivity index (χ2n) is 5.82. The number of carboxylic acid groups (broad SMARTS) is 1. The highest BCUT2D eigenvalue weighted by molar-refractivity contribution is 5.92. The van der Waals surface area contributed by atoms with Gasteiger partial charge in [0.15, 0.2) is 0 Å². The average Bonchev–Trinajstić information content (AvgIpc) is 2.76. The molecule has 112 valence electrons. The quantitative estimate of drug-likeness (QED) is 0.894. The van der Waals surface area contributed by atoms with Crippen molar-refractivity contribution in [2.24, 2.45) is 5.92 Å². The molecule has 0 radical (unpaired) electrons. The fourth-order valence-corrected chi connectivity index (χ4v) is 2.98. The van der Waals surface area contributed by atoms with Gasteiger partial charge in [-0.3, -0.25) is 4.57 Å². The predicted molar refractivity (Wildman–Crippen MR) is 79.7 cm³/mol. The summed E-state index contributed by atoms with van der Waals surface area (Å²) in [6, 6.07) is 4.78. The number of aromatic amines is 1. The molecule has 1 aliphatic rings. The molecule has 6 nitrogen and oxygen atoms in total. The van der Waals surface area contributed by atoms with Gasteiger partial charge >= 0.3 is 11.7 Å². The summed E-state index contributed by atoms with van der Waals surface area (Å²) >= 11 is 0. The molecule has 0 saturated carbocycles. The topological polar surface area (TPSA) is 78.3 Å². The Labute approximate surface area is 122 Å². The smallest absolute Gasteiger partial charge is 0.335 e. The Hall–Kier alpha value is -2.08. The molecule has 1 aromatic heterocycles. The first-order valence-electron chi connectivity index (χ1n) is 7.19. The number of rotatable bonds is 3. The Morgan fingerprint density at radius 2 is 2.10 bits per heavy atom. The standard InChI is InChI=1S/C15H19N3O3/c1-17-6-4-10(5-7-17)9-18-13-3-2-11(14(19)20)8-12(13)16-15(18)21/h2-3,8,10H,4-7,9H2,1H3,(H,16,21)(H,19,20). The molecule has 3 rings (SSSR count). The van der Waals surface area contributed by atoms with Crippen LogP contribution in [0.15, 0.2) is 23.0 Å². The lowest BCUT2D eigenvalue weighted by Gasteiger charge is -2.28. The number of nitrogens with zero attached hydrogens (tertiary/aromatic N) is 2. The Kier molecular flexibility index (Phi) is 3.55. The van der Waals surface area contributed by atoms with Crippen LogP contribution in [-0.2, 0) is 6.54 Å². The lowest BCUT2D eigenvalue weighted by atomic mass is 9.97. The summed E-state index contributed by atoms with van der Waals surface area (Å²) in [4.78, 5) is 28.1. The van der Waals surface area contributed by atoms with Crippen LogP contribution >= 0.6 is 0 Å². The fraction of sp³-hybridized carbons (Fsp3) is 0.467. The van der Waals surface area contributed by atoms with E-state index < -0.39 is 5.97 Å². The number of likely N-dealkylation sites (tertiary alicyclic amines) is 1. The molecule has 2 N–H and O–H groups in total. The summed E-state index contributed by atoms with van der Waals surface area (Å²) in [5.74, 6) is -0.488. The molecule has 0 spiro atoms. The van der Waals surface area contributed by atoms with Crippen molar-refractivity contribution in [2.75, 3.05) is 20.1 Å². The van der Waals surface area contributed by atoms with Crippen LogP contribution in [0.2, 0.25) is 0 Å². The zero-order valence-corrected chi connectivity index (χ0v) is 12.0. The van der Waals surface area contributed by atoms with Gasteiger partial charge in [-0.25, -0.2) is 9.59 Å². The van der Waals surface area contributed by atoms with Crippen LogP contribution in [0.1, 0.15) is 23.2 Å². The molecule has 1 fully saturated rings. The maximum absolute atomic E-state index is 12.1. The molecule has 0 atom stereocenters. The predicted octanol–water partition coefficient (Wildman–Crippen LogP) is 1.37. The van der Waals surface area contributed by atoms with Gasteiger partial charge in [-0.2, -0.15) is 0 Å². The van der Waals surface area contributed by atoms with Crippen LogP contribution < -0.4 is 5.69 Å².